The minimum atomic E-state index is -0.104. The maximum atomic E-state index is 12.5. The van der Waals surface area contributed by atoms with Gasteiger partial charge in [-0.05, 0) is 31.0 Å². The van der Waals surface area contributed by atoms with Gasteiger partial charge in [-0.2, -0.15) is 5.10 Å². The third kappa shape index (κ3) is 3.02. The van der Waals surface area contributed by atoms with Crippen LogP contribution in [0, 0.1) is 0 Å². The lowest BCUT2D eigenvalue weighted by Gasteiger charge is -2.35. The average Bonchev–Trinajstić information content (AvgIpc) is 3.47. The summed E-state index contributed by atoms with van der Waals surface area (Å²) in [6.45, 7) is 2.66. The van der Waals surface area contributed by atoms with Gasteiger partial charge in [0.1, 0.15) is 5.75 Å². The summed E-state index contributed by atoms with van der Waals surface area (Å²) in [7, 11) is 0. The van der Waals surface area contributed by atoms with E-state index in [0.717, 1.165) is 24.6 Å². The lowest BCUT2D eigenvalue weighted by molar-refractivity contribution is 0.0745. The number of hydrogen-bond acceptors (Lipinski definition) is 6. The molecule has 2 aromatic heterocycles. The standard InChI is InChI=1S/C17H19N5O2/c23-14-9-13(10-18-11-14)17(24)22-7-5-21(6-8-22)16-4-3-15(19-20-16)12-1-2-12/h3-4,9-12,23H,1-2,5-8H2. The van der Waals surface area contributed by atoms with E-state index < -0.39 is 0 Å². The first-order valence-electron chi connectivity index (χ1n) is 8.22. The van der Waals surface area contributed by atoms with Gasteiger partial charge in [-0.3, -0.25) is 9.78 Å². The predicted molar refractivity (Wildman–Crippen MR) is 88.0 cm³/mol. The Morgan fingerprint density at radius 2 is 1.88 bits per heavy atom. The van der Waals surface area contributed by atoms with Gasteiger partial charge in [0.15, 0.2) is 5.82 Å². The van der Waals surface area contributed by atoms with Gasteiger partial charge in [0.05, 0.1) is 17.5 Å². The second-order valence-electron chi connectivity index (χ2n) is 6.30. The SMILES string of the molecule is O=C(c1cncc(O)c1)N1CCN(c2ccc(C3CC3)nn2)CC1. The lowest BCUT2D eigenvalue weighted by atomic mass is 10.2. The Labute approximate surface area is 139 Å². The summed E-state index contributed by atoms with van der Waals surface area (Å²) in [5, 5.41) is 18.1. The molecule has 2 aliphatic rings. The Morgan fingerprint density at radius 3 is 2.50 bits per heavy atom. The minimum Gasteiger partial charge on any atom is -0.506 e. The van der Waals surface area contributed by atoms with Gasteiger partial charge in [0.2, 0.25) is 0 Å². The molecule has 2 aromatic rings. The fraction of sp³-hybridized carbons (Fsp3) is 0.412. The van der Waals surface area contributed by atoms with Crippen molar-refractivity contribution in [1.82, 2.24) is 20.1 Å². The van der Waals surface area contributed by atoms with Crippen molar-refractivity contribution in [1.29, 1.82) is 0 Å². The number of amides is 1. The Morgan fingerprint density at radius 1 is 1.08 bits per heavy atom. The van der Waals surface area contributed by atoms with E-state index in [1.165, 1.54) is 31.3 Å². The maximum absolute atomic E-state index is 12.5. The Bertz CT molecular complexity index is 737. The molecular weight excluding hydrogens is 306 g/mol. The number of anilines is 1. The van der Waals surface area contributed by atoms with Crippen LogP contribution < -0.4 is 4.90 Å². The first kappa shape index (κ1) is 14.9. The molecular formula is C17H19N5O2. The molecule has 0 spiro atoms. The highest BCUT2D eigenvalue weighted by atomic mass is 16.3. The minimum absolute atomic E-state index is 0.00510. The zero-order valence-corrected chi connectivity index (χ0v) is 13.3. The van der Waals surface area contributed by atoms with Crippen molar-refractivity contribution in [2.24, 2.45) is 0 Å². The molecule has 4 rings (SSSR count). The zero-order valence-electron chi connectivity index (χ0n) is 13.3. The second-order valence-corrected chi connectivity index (χ2v) is 6.30. The summed E-state index contributed by atoms with van der Waals surface area (Å²) in [5.74, 6) is 1.38. The van der Waals surface area contributed by atoms with Crippen molar-refractivity contribution in [2.45, 2.75) is 18.8 Å². The largest absolute Gasteiger partial charge is 0.506 e. The van der Waals surface area contributed by atoms with Gasteiger partial charge in [0, 0.05) is 38.3 Å². The number of nitrogens with zero attached hydrogens (tertiary/aromatic N) is 5. The van der Waals surface area contributed by atoms with Gasteiger partial charge in [-0.1, -0.05) is 0 Å². The van der Waals surface area contributed by atoms with Crippen molar-refractivity contribution in [3.8, 4) is 5.75 Å². The third-order valence-electron chi connectivity index (χ3n) is 4.53. The van der Waals surface area contributed by atoms with Gasteiger partial charge in [0.25, 0.3) is 5.91 Å². The number of aromatic hydroxyl groups is 1. The van der Waals surface area contributed by atoms with Gasteiger partial charge < -0.3 is 14.9 Å². The maximum Gasteiger partial charge on any atom is 0.255 e. The van der Waals surface area contributed by atoms with Crippen LogP contribution in [0.5, 0.6) is 5.75 Å². The fourth-order valence-corrected chi connectivity index (χ4v) is 2.97. The van der Waals surface area contributed by atoms with Crippen molar-refractivity contribution >= 4 is 11.7 Å². The molecule has 2 fully saturated rings. The molecule has 24 heavy (non-hydrogen) atoms. The quantitative estimate of drug-likeness (QED) is 0.919. The summed E-state index contributed by atoms with van der Waals surface area (Å²) in [4.78, 5) is 20.2. The molecule has 7 heteroatoms. The smallest absolute Gasteiger partial charge is 0.255 e. The highest BCUT2D eigenvalue weighted by Gasteiger charge is 2.26. The summed E-state index contributed by atoms with van der Waals surface area (Å²) in [6, 6.07) is 5.54. The van der Waals surface area contributed by atoms with Crippen LogP contribution in [-0.4, -0.2) is 57.3 Å². The number of carbonyl (C=O) groups is 1. The van der Waals surface area contributed by atoms with Crippen molar-refractivity contribution in [2.75, 3.05) is 31.1 Å². The molecule has 0 aromatic carbocycles. The summed E-state index contributed by atoms with van der Waals surface area (Å²) in [6.07, 6.45) is 5.24. The molecule has 7 nitrogen and oxygen atoms in total. The molecule has 124 valence electrons. The average molecular weight is 325 g/mol. The van der Waals surface area contributed by atoms with Crippen molar-refractivity contribution < 1.29 is 9.90 Å². The molecule has 0 radical (unpaired) electrons. The molecule has 1 saturated carbocycles. The van der Waals surface area contributed by atoms with E-state index in [-0.39, 0.29) is 11.7 Å². The van der Waals surface area contributed by atoms with E-state index in [4.69, 9.17) is 0 Å². The van der Waals surface area contributed by atoms with E-state index in [0.29, 0.717) is 24.6 Å². The summed E-state index contributed by atoms with van der Waals surface area (Å²) in [5.41, 5.74) is 1.50. The van der Waals surface area contributed by atoms with E-state index in [9.17, 15) is 9.90 Å². The predicted octanol–water partition coefficient (Wildman–Crippen LogP) is 1.42. The number of rotatable bonds is 3. The zero-order chi connectivity index (χ0) is 16.5. The van der Waals surface area contributed by atoms with Gasteiger partial charge >= 0.3 is 0 Å². The Kier molecular flexibility index (Phi) is 3.76. The highest BCUT2D eigenvalue weighted by Crippen LogP contribution is 2.38. The third-order valence-corrected chi connectivity index (χ3v) is 4.53. The molecule has 1 amide bonds. The summed E-state index contributed by atoms with van der Waals surface area (Å²) < 4.78 is 0. The monoisotopic (exact) mass is 325 g/mol. The summed E-state index contributed by atoms with van der Waals surface area (Å²) >= 11 is 0. The van der Waals surface area contributed by atoms with Crippen LogP contribution in [0.25, 0.3) is 0 Å². The molecule has 0 unspecified atom stereocenters. The lowest BCUT2D eigenvalue weighted by Crippen LogP contribution is -2.49. The van der Waals surface area contributed by atoms with Crippen LogP contribution in [0.3, 0.4) is 0 Å². The van der Waals surface area contributed by atoms with E-state index in [1.807, 2.05) is 6.07 Å². The van der Waals surface area contributed by atoms with Crippen LogP contribution in [-0.2, 0) is 0 Å². The molecule has 1 saturated heterocycles. The number of aromatic nitrogens is 3. The molecule has 0 atom stereocenters. The van der Waals surface area contributed by atoms with Gasteiger partial charge in [-0.15, -0.1) is 5.10 Å². The van der Waals surface area contributed by atoms with Crippen LogP contribution in [0.2, 0.25) is 0 Å². The van der Waals surface area contributed by atoms with Crippen molar-refractivity contribution in [3.63, 3.8) is 0 Å². The number of carbonyl (C=O) groups excluding carboxylic acids is 1. The van der Waals surface area contributed by atoms with Crippen LogP contribution in [0.4, 0.5) is 5.82 Å². The first-order valence-corrected chi connectivity index (χ1v) is 8.22. The highest BCUT2D eigenvalue weighted by molar-refractivity contribution is 5.94. The van der Waals surface area contributed by atoms with E-state index in [1.54, 1.807) is 4.90 Å². The number of pyridine rings is 1. The molecule has 1 aliphatic carbocycles. The Balaban J connectivity index is 1.38. The normalized spacial score (nSPS) is 17.8. The van der Waals surface area contributed by atoms with Crippen molar-refractivity contribution in [3.05, 3.63) is 41.9 Å². The van der Waals surface area contributed by atoms with Crippen LogP contribution >= 0.6 is 0 Å². The van der Waals surface area contributed by atoms with E-state index in [2.05, 4.69) is 26.1 Å². The molecule has 1 aliphatic heterocycles. The van der Waals surface area contributed by atoms with E-state index >= 15 is 0 Å². The second kappa shape index (κ2) is 6.07. The molecule has 1 N–H and O–H groups in total. The van der Waals surface area contributed by atoms with Crippen LogP contribution in [0.1, 0.15) is 34.8 Å². The van der Waals surface area contributed by atoms with Gasteiger partial charge in [-0.25, -0.2) is 0 Å². The fourth-order valence-electron chi connectivity index (χ4n) is 2.97. The number of piperazine rings is 1. The topological polar surface area (TPSA) is 82.5 Å². The molecule has 3 heterocycles. The first-order chi connectivity index (χ1) is 11.7. The Hall–Kier alpha value is -2.70. The molecule has 0 bridgehead atoms. The van der Waals surface area contributed by atoms with Crippen LogP contribution in [0.15, 0.2) is 30.6 Å². The number of hydrogen-bond donors (Lipinski definition) is 1.